The van der Waals surface area contributed by atoms with E-state index in [-0.39, 0.29) is 18.0 Å². The number of carbonyl (C=O) groups excluding carboxylic acids is 4. The SMILES string of the molecule is C=CCOC(OC1CCCCO1)C1CCCCN1C=O.C=O.CNc1cc(C=O)n(C)c1.CNc1cc(OCCCC=O)c(OC)cc1C.CNc1ccc(-c2cc(C(=O)O)n(C)c2)cc1. The van der Waals surface area contributed by atoms with Gasteiger partial charge in [-0.3, -0.25) is 9.59 Å². The Hall–Kier alpha value is -6.43. The van der Waals surface area contributed by atoms with Crippen LogP contribution in [-0.4, -0.2) is 124 Å². The molecule has 2 aromatic carbocycles. The second-order valence-corrected chi connectivity index (χ2v) is 15.0. The summed E-state index contributed by atoms with van der Waals surface area (Å²) in [6.07, 6.45) is 14.7. The minimum Gasteiger partial charge on any atom is -0.493 e. The van der Waals surface area contributed by atoms with Gasteiger partial charge >= 0.3 is 5.97 Å². The summed E-state index contributed by atoms with van der Waals surface area (Å²) < 4.78 is 31.6. The van der Waals surface area contributed by atoms with Crippen LogP contribution in [0.3, 0.4) is 0 Å². The fourth-order valence-electron chi connectivity index (χ4n) is 6.93. The van der Waals surface area contributed by atoms with E-state index in [0.717, 1.165) is 111 Å². The minimum atomic E-state index is -0.911. The van der Waals surface area contributed by atoms with Gasteiger partial charge < -0.3 is 68.4 Å². The summed E-state index contributed by atoms with van der Waals surface area (Å²) in [6, 6.07) is 15.1. The number of aryl methyl sites for hydroxylation is 3. The number of unbranched alkanes of at least 4 members (excludes halogenated alkanes) is 1. The van der Waals surface area contributed by atoms with Crippen molar-refractivity contribution in [2.75, 3.05) is 70.6 Å². The molecule has 3 unspecified atom stereocenters. The standard InChI is InChI=1S/C15H25NO4.C13H14N2O2.C13H19NO3.C7H10N2O.CH2O/c1-2-10-19-15(20-14-8-4-6-11-18-14)13-7-3-5-9-16(13)12-17;1-14-11-5-3-9(4-6-11)10-7-12(13(16)17)15(2)8-10;1-10-8-12(16-3)13(9-11(10)14-2)17-7-5-4-6-15;1-8-6-3-7(5-10)9(2)4-6;1-2/h2,12-15H,1,3-11H2;3-8,14H,1-2H3,(H,16,17);6,8-9,14H,4-5,7H2,1-3H3;3-5,8H,1-2H3;1H2. The van der Waals surface area contributed by atoms with Gasteiger partial charge in [0.15, 0.2) is 30.4 Å². The normalized spacial score (nSPS) is 15.4. The maximum absolute atomic E-state index is 11.2. The second kappa shape index (κ2) is 31.4. The van der Waals surface area contributed by atoms with Crippen molar-refractivity contribution in [2.24, 2.45) is 14.1 Å². The summed E-state index contributed by atoms with van der Waals surface area (Å²) in [4.78, 5) is 52.4. The molecule has 3 atom stereocenters. The van der Waals surface area contributed by atoms with Gasteiger partial charge in [0, 0.05) is 90.2 Å². The number of ether oxygens (including phenoxy) is 5. The number of hydrogen-bond acceptors (Lipinski definition) is 13. The van der Waals surface area contributed by atoms with E-state index in [1.54, 1.807) is 46.4 Å². The van der Waals surface area contributed by atoms with Gasteiger partial charge in [-0.25, -0.2) is 4.79 Å². The van der Waals surface area contributed by atoms with Crippen LogP contribution < -0.4 is 25.4 Å². The molecule has 4 heterocycles. The first-order valence-electron chi connectivity index (χ1n) is 21.9. The molecule has 17 nitrogen and oxygen atoms in total. The highest BCUT2D eigenvalue weighted by Gasteiger charge is 2.33. The van der Waals surface area contributed by atoms with Crippen molar-refractivity contribution in [3.63, 3.8) is 0 Å². The minimum absolute atomic E-state index is 0.0215. The fourth-order valence-corrected chi connectivity index (χ4v) is 6.93. The number of carboxylic acid groups (broad SMARTS) is 1. The van der Waals surface area contributed by atoms with Crippen molar-refractivity contribution in [1.82, 2.24) is 14.0 Å². The first kappa shape index (κ1) is 55.7. The lowest BCUT2D eigenvalue weighted by atomic mass is 10.0. The maximum Gasteiger partial charge on any atom is 0.352 e. The third-order valence-corrected chi connectivity index (χ3v) is 10.5. The average Bonchev–Trinajstić information content (AvgIpc) is 3.94. The smallest absolute Gasteiger partial charge is 0.352 e. The molecule has 0 spiro atoms. The molecule has 2 aromatic heterocycles. The Morgan fingerprint density at radius 3 is 2.14 bits per heavy atom. The van der Waals surface area contributed by atoms with Gasteiger partial charge in [0.2, 0.25) is 6.41 Å². The Balaban J connectivity index is 0.000000305. The molecule has 0 bridgehead atoms. The number of nitrogens with zero attached hydrogens (tertiary/aromatic N) is 3. The number of anilines is 3. The first-order valence-corrected chi connectivity index (χ1v) is 21.9. The van der Waals surface area contributed by atoms with Gasteiger partial charge in [-0.1, -0.05) is 18.2 Å². The lowest BCUT2D eigenvalue weighted by Gasteiger charge is -2.39. The summed E-state index contributed by atoms with van der Waals surface area (Å²) in [7, 11) is 10.7. The zero-order valence-corrected chi connectivity index (χ0v) is 39.6. The number of aromatic nitrogens is 2. The van der Waals surface area contributed by atoms with E-state index in [1.165, 1.54) is 0 Å². The third kappa shape index (κ3) is 18.2. The third-order valence-electron chi connectivity index (χ3n) is 10.5. The predicted octanol–water partition coefficient (Wildman–Crippen LogP) is 7.60. The number of aromatic carboxylic acids is 1. The number of likely N-dealkylation sites (tertiary alicyclic amines) is 1. The molecule has 2 aliphatic heterocycles. The predicted molar refractivity (Wildman–Crippen MR) is 258 cm³/mol. The van der Waals surface area contributed by atoms with Crippen LogP contribution in [0.1, 0.15) is 77.9 Å². The van der Waals surface area contributed by atoms with E-state index in [9.17, 15) is 19.2 Å². The number of carboxylic acids is 1. The Labute approximate surface area is 389 Å². The molecule has 1 amide bonds. The zero-order valence-electron chi connectivity index (χ0n) is 39.6. The zero-order chi connectivity index (χ0) is 48.9. The lowest BCUT2D eigenvalue weighted by molar-refractivity contribution is -0.270. The van der Waals surface area contributed by atoms with Gasteiger partial charge in [-0.15, -0.1) is 6.58 Å². The summed E-state index contributed by atoms with van der Waals surface area (Å²) in [5.74, 6) is 0.506. The van der Waals surface area contributed by atoms with Gasteiger partial charge in [0.1, 0.15) is 18.8 Å². The Morgan fingerprint density at radius 2 is 1.61 bits per heavy atom. The van der Waals surface area contributed by atoms with Crippen molar-refractivity contribution in [3.8, 4) is 22.6 Å². The maximum atomic E-state index is 11.2. The number of amides is 1. The quantitative estimate of drug-likeness (QED) is 0.0310. The monoisotopic (exact) mass is 919 g/mol. The number of nitrogens with one attached hydrogen (secondary N) is 3. The van der Waals surface area contributed by atoms with E-state index in [1.807, 2.05) is 90.7 Å². The van der Waals surface area contributed by atoms with Crippen LogP contribution >= 0.6 is 0 Å². The number of piperidine rings is 1. The van der Waals surface area contributed by atoms with Crippen LogP contribution in [0.5, 0.6) is 11.5 Å². The average molecular weight is 919 g/mol. The van der Waals surface area contributed by atoms with Crippen LogP contribution in [0.4, 0.5) is 17.1 Å². The van der Waals surface area contributed by atoms with Crippen LogP contribution in [0.2, 0.25) is 0 Å². The molecule has 0 radical (unpaired) electrons. The van der Waals surface area contributed by atoms with Crippen LogP contribution in [0.15, 0.2) is 73.6 Å². The van der Waals surface area contributed by atoms with Crippen LogP contribution in [-0.2, 0) is 42.7 Å². The van der Waals surface area contributed by atoms with Crippen molar-refractivity contribution in [3.05, 3.63) is 90.5 Å². The largest absolute Gasteiger partial charge is 0.493 e. The Morgan fingerprint density at radius 1 is 0.894 bits per heavy atom. The van der Waals surface area contributed by atoms with E-state index >= 15 is 0 Å². The number of hydrogen-bond donors (Lipinski definition) is 4. The van der Waals surface area contributed by atoms with Crippen molar-refractivity contribution in [2.45, 2.75) is 76.9 Å². The van der Waals surface area contributed by atoms with E-state index in [4.69, 9.17) is 33.6 Å². The summed E-state index contributed by atoms with van der Waals surface area (Å²) in [5, 5.41) is 18.1. The first-order chi connectivity index (χ1) is 32.0. The van der Waals surface area contributed by atoms with E-state index in [2.05, 4.69) is 22.5 Å². The number of aldehydes is 2. The molecule has 2 fully saturated rings. The summed E-state index contributed by atoms with van der Waals surface area (Å²) in [5.41, 5.74) is 7.00. The van der Waals surface area contributed by atoms with Crippen molar-refractivity contribution >= 4 is 48.8 Å². The molecule has 2 aliphatic rings. The highest BCUT2D eigenvalue weighted by molar-refractivity contribution is 5.88. The molecule has 0 aliphatic carbocycles. The molecule has 362 valence electrons. The van der Waals surface area contributed by atoms with Gasteiger partial charge in [-0.05, 0) is 93.3 Å². The number of benzene rings is 2. The Kier molecular flexibility index (Phi) is 26.5. The summed E-state index contributed by atoms with van der Waals surface area (Å²) >= 11 is 0. The molecule has 66 heavy (non-hydrogen) atoms. The van der Waals surface area contributed by atoms with Crippen molar-refractivity contribution < 1.29 is 52.8 Å². The van der Waals surface area contributed by atoms with Crippen LogP contribution in [0, 0.1) is 6.92 Å². The van der Waals surface area contributed by atoms with Crippen LogP contribution in [0.25, 0.3) is 11.1 Å². The second-order valence-electron chi connectivity index (χ2n) is 15.0. The fraction of sp³-hybridized carbons (Fsp3) is 0.449. The van der Waals surface area contributed by atoms with E-state index in [0.29, 0.717) is 36.8 Å². The molecule has 17 heteroatoms. The van der Waals surface area contributed by atoms with E-state index < -0.39 is 12.3 Å². The molecular formula is C49H70N6O11. The molecule has 6 rings (SSSR count). The number of methoxy groups -OCH3 is 1. The molecule has 4 aromatic rings. The van der Waals surface area contributed by atoms with Gasteiger partial charge in [0.05, 0.1) is 37.7 Å². The molecular weight excluding hydrogens is 849 g/mol. The Bertz CT molecular complexity index is 2050. The highest BCUT2D eigenvalue weighted by atomic mass is 16.8. The number of carbonyl (C=O) groups is 5. The highest BCUT2D eigenvalue weighted by Crippen LogP contribution is 2.33. The number of rotatable bonds is 19. The molecule has 4 N–H and O–H groups in total. The summed E-state index contributed by atoms with van der Waals surface area (Å²) in [6.45, 7) is 10.1. The lowest BCUT2D eigenvalue weighted by Crippen LogP contribution is -2.49. The van der Waals surface area contributed by atoms with Crippen molar-refractivity contribution in [1.29, 1.82) is 0 Å². The molecule has 2 saturated heterocycles. The topological polar surface area (TPSA) is 201 Å². The molecule has 0 saturated carbocycles. The van der Waals surface area contributed by atoms with Gasteiger partial charge in [-0.2, -0.15) is 0 Å². The van der Waals surface area contributed by atoms with Gasteiger partial charge in [0.25, 0.3) is 0 Å².